The van der Waals surface area contributed by atoms with Crippen LogP contribution in [0.2, 0.25) is 0 Å². The van der Waals surface area contributed by atoms with Crippen LogP contribution in [0.5, 0.6) is 0 Å². The summed E-state index contributed by atoms with van der Waals surface area (Å²) >= 11 is 0. The van der Waals surface area contributed by atoms with Crippen molar-refractivity contribution in [3.8, 4) is 0 Å². The van der Waals surface area contributed by atoms with Gasteiger partial charge in [-0.05, 0) is 40.8 Å². The molecule has 1 heterocycles. The Balaban J connectivity index is 2.60. The van der Waals surface area contributed by atoms with Gasteiger partial charge in [-0.3, -0.25) is 9.69 Å². The third-order valence-electron chi connectivity index (χ3n) is 2.35. The predicted octanol–water partition coefficient (Wildman–Crippen LogP) is 1.84. The molecule has 15 heavy (non-hydrogen) atoms. The lowest BCUT2D eigenvalue weighted by atomic mass is 9.97. The summed E-state index contributed by atoms with van der Waals surface area (Å²) in [6.07, 6.45) is 1.96. The third-order valence-corrected chi connectivity index (χ3v) is 2.35. The largest absolute Gasteiger partial charge is 0.456 e. The van der Waals surface area contributed by atoms with Gasteiger partial charge in [0.1, 0.15) is 6.10 Å². The van der Waals surface area contributed by atoms with E-state index in [2.05, 4.69) is 11.8 Å². The van der Waals surface area contributed by atoms with Crippen LogP contribution in [0.25, 0.3) is 0 Å². The van der Waals surface area contributed by atoms with Crippen molar-refractivity contribution < 1.29 is 9.53 Å². The van der Waals surface area contributed by atoms with Crippen LogP contribution in [0.15, 0.2) is 11.6 Å². The van der Waals surface area contributed by atoms with Crippen LogP contribution in [-0.2, 0) is 9.53 Å². The van der Waals surface area contributed by atoms with E-state index in [1.165, 1.54) is 5.57 Å². The fourth-order valence-electron chi connectivity index (χ4n) is 1.61. The summed E-state index contributed by atoms with van der Waals surface area (Å²) in [6, 6.07) is 0. The molecule has 1 rings (SSSR count). The van der Waals surface area contributed by atoms with Crippen molar-refractivity contribution in [2.75, 3.05) is 20.1 Å². The Morgan fingerprint density at radius 3 is 2.60 bits per heavy atom. The molecule has 0 N–H and O–H groups in total. The number of nitrogens with zero attached hydrogens (tertiary/aromatic N) is 1. The summed E-state index contributed by atoms with van der Waals surface area (Å²) in [4.78, 5) is 13.8. The van der Waals surface area contributed by atoms with Gasteiger partial charge < -0.3 is 4.74 Å². The summed E-state index contributed by atoms with van der Waals surface area (Å²) in [6.45, 7) is 9.44. The second-order valence-electron chi connectivity index (χ2n) is 5.40. The van der Waals surface area contributed by atoms with Crippen LogP contribution in [0.1, 0.15) is 27.7 Å². The fraction of sp³-hybridized carbons (Fsp3) is 0.750. The van der Waals surface area contributed by atoms with Gasteiger partial charge in [-0.1, -0.05) is 5.57 Å². The zero-order chi connectivity index (χ0) is 11.6. The number of hydrogen-bond donors (Lipinski definition) is 0. The van der Waals surface area contributed by atoms with E-state index < -0.39 is 5.41 Å². The summed E-state index contributed by atoms with van der Waals surface area (Å²) in [5.41, 5.74) is 0.841. The normalized spacial score (nSPS) is 23.5. The Morgan fingerprint density at radius 1 is 1.53 bits per heavy atom. The van der Waals surface area contributed by atoms with Gasteiger partial charge in [-0.25, -0.2) is 0 Å². The first-order valence-electron chi connectivity index (χ1n) is 5.36. The highest BCUT2D eigenvalue weighted by Gasteiger charge is 2.27. The zero-order valence-electron chi connectivity index (χ0n) is 10.3. The van der Waals surface area contributed by atoms with E-state index in [1.807, 2.05) is 33.9 Å². The van der Waals surface area contributed by atoms with Gasteiger partial charge in [-0.15, -0.1) is 0 Å². The Labute approximate surface area is 92.1 Å². The van der Waals surface area contributed by atoms with Crippen molar-refractivity contribution in [3.05, 3.63) is 11.6 Å². The van der Waals surface area contributed by atoms with E-state index in [0.29, 0.717) is 0 Å². The highest BCUT2D eigenvalue weighted by Crippen LogP contribution is 2.19. The van der Waals surface area contributed by atoms with Crippen molar-refractivity contribution >= 4 is 5.97 Å². The van der Waals surface area contributed by atoms with Crippen LogP contribution in [0.4, 0.5) is 0 Å². The number of hydrogen-bond acceptors (Lipinski definition) is 3. The van der Waals surface area contributed by atoms with Crippen molar-refractivity contribution in [2.45, 2.75) is 33.8 Å². The van der Waals surface area contributed by atoms with E-state index in [0.717, 1.165) is 13.1 Å². The third kappa shape index (κ3) is 3.67. The van der Waals surface area contributed by atoms with Gasteiger partial charge in [0.05, 0.1) is 5.41 Å². The number of rotatable bonds is 1. The maximum absolute atomic E-state index is 11.7. The van der Waals surface area contributed by atoms with Gasteiger partial charge in [0.2, 0.25) is 0 Å². The molecule has 0 bridgehead atoms. The lowest BCUT2D eigenvalue weighted by Crippen LogP contribution is -2.38. The number of ether oxygens (including phenoxy) is 1. The summed E-state index contributed by atoms with van der Waals surface area (Å²) in [7, 11) is 2.04. The minimum atomic E-state index is -0.419. The highest BCUT2D eigenvalue weighted by atomic mass is 16.5. The molecule has 1 atom stereocenters. The van der Waals surface area contributed by atoms with E-state index >= 15 is 0 Å². The molecular weight excluding hydrogens is 190 g/mol. The van der Waals surface area contributed by atoms with Crippen molar-refractivity contribution in [3.63, 3.8) is 0 Å². The molecule has 0 saturated heterocycles. The molecule has 0 amide bonds. The second-order valence-corrected chi connectivity index (χ2v) is 5.40. The smallest absolute Gasteiger partial charge is 0.311 e. The Kier molecular flexibility index (Phi) is 3.55. The molecular formula is C12H21NO2. The molecule has 0 saturated carbocycles. The second kappa shape index (κ2) is 4.35. The Morgan fingerprint density at radius 2 is 2.13 bits per heavy atom. The van der Waals surface area contributed by atoms with E-state index in [9.17, 15) is 4.79 Å². The molecule has 0 radical (unpaired) electrons. The molecule has 0 aromatic carbocycles. The first-order chi connectivity index (χ1) is 6.79. The van der Waals surface area contributed by atoms with Gasteiger partial charge in [0, 0.05) is 13.1 Å². The monoisotopic (exact) mass is 211 g/mol. The molecule has 86 valence electrons. The molecule has 0 fully saturated rings. The first-order valence-corrected chi connectivity index (χ1v) is 5.36. The average Bonchev–Trinajstić information content (AvgIpc) is 1.99. The molecule has 1 aliphatic heterocycles. The Hall–Kier alpha value is -0.830. The predicted molar refractivity (Wildman–Crippen MR) is 60.6 cm³/mol. The SMILES string of the molecule is CC1=CC(OC(=O)C(C)(C)C)CN(C)C1. The molecule has 0 aliphatic carbocycles. The van der Waals surface area contributed by atoms with Crippen LogP contribution in [0.3, 0.4) is 0 Å². The Bertz CT molecular complexity index is 276. The van der Waals surface area contributed by atoms with Gasteiger partial charge in [0.25, 0.3) is 0 Å². The topological polar surface area (TPSA) is 29.5 Å². The molecule has 0 aromatic heterocycles. The van der Waals surface area contributed by atoms with Gasteiger partial charge >= 0.3 is 5.97 Å². The summed E-state index contributed by atoms with van der Waals surface area (Å²) in [5.74, 6) is -0.133. The lowest BCUT2D eigenvalue weighted by Gasteiger charge is -2.29. The first kappa shape index (κ1) is 12.2. The molecule has 1 aliphatic rings. The zero-order valence-corrected chi connectivity index (χ0v) is 10.3. The minimum absolute atomic E-state index is 0.0875. The van der Waals surface area contributed by atoms with Crippen molar-refractivity contribution in [1.82, 2.24) is 4.90 Å². The molecule has 0 spiro atoms. The van der Waals surface area contributed by atoms with Crippen molar-refractivity contribution in [1.29, 1.82) is 0 Å². The molecule has 0 aromatic rings. The number of carbonyl (C=O) groups is 1. The van der Waals surface area contributed by atoms with E-state index in [1.54, 1.807) is 0 Å². The van der Waals surface area contributed by atoms with Crippen LogP contribution >= 0.6 is 0 Å². The molecule has 1 unspecified atom stereocenters. The lowest BCUT2D eigenvalue weighted by molar-refractivity contribution is -0.157. The number of esters is 1. The average molecular weight is 211 g/mol. The fourth-order valence-corrected chi connectivity index (χ4v) is 1.61. The number of likely N-dealkylation sites (N-methyl/N-ethyl adjacent to an activating group) is 1. The van der Waals surface area contributed by atoms with Crippen LogP contribution in [-0.4, -0.2) is 37.1 Å². The molecule has 3 heteroatoms. The summed E-state index contributed by atoms with van der Waals surface area (Å²) < 4.78 is 5.44. The van der Waals surface area contributed by atoms with Gasteiger partial charge in [-0.2, -0.15) is 0 Å². The van der Waals surface area contributed by atoms with Crippen LogP contribution in [0, 0.1) is 5.41 Å². The highest BCUT2D eigenvalue weighted by molar-refractivity contribution is 5.75. The van der Waals surface area contributed by atoms with E-state index in [4.69, 9.17) is 4.74 Å². The maximum atomic E-state index is 11.7. The minimum Gasteiger partial charge on any atom is -0.456 e. The van der Waals surface area contributed by atoms with Crippen molar-refractivity contribution in [2.24, 2.45) is 5.41 Å². The maximum Gasteiger partial charge on any atom is 0.311 e. The quantitative estimate of drug-likeness (QED) is 0.489. The van der Waals surface area contributed by atoms with E-state index in [-0.39, 0.29) is 12.1 Å². The summed E-state index contributed by atoms with van der Waals surface area (Å²) in [5, 5.41) is 0. The standard InChI is InChI=1S/C12H21NO2/c1-9-6-10(8-13(5)7-9)15-11(14)12(2,3)4/h6,10H,7-8H2,1-5H3. The molecule has 3 nitrogen and oxygen atoms in total. The van der Waals surface area contributed by atoms with Gasteiger partial charge in [0.15, 0.2) is 0 Å². The van der Waals surface area contributed by atoms with Crippen LogP contribution < -0.4 is 0 Å². The number of carbonyl (C=O) groups excluding carboxylic acids is 1.